The Hall–Kier alpha value is -2.50. The molecule has 124 valence electrons. The molecule has 24 heavy (non-hydrogen) atoms. The van der Waals surface area contributed by atoms with Crippen molar-refractivity contribution in [3.63, 3.8) is 0 Å². The molecule has 6 nitrogen and oxygen atoms in total. The Morgan fingerprint density at radius 1 is 1.21 bits per heavy atom. The van der Waals surface area contributed by atoms with Crippen molar-refractivity contribution in [1.82, 2.24) is 20.2 Å². The van der Waals surface area contributed by atoms with E-state index in [2.05, 4.69) is 15.3 Å². The maximum Gasteiger partial charge on any atom is 0.325 e. The van der Waals surface area contributed by atoms with Crippen LogP contribution < -0.4 is 5.32 Å². The zero-order chi connectivity index (χ0) is 16.9. The van der Waals surface area contributed by atoms with Crippen LogP contribution in [0.3, 0.4) is 0 Å². The van der Waals surface area contributed by atoms with Gasteiger partial charge >= 0.3 is 6.03 Å². The number of benzene rings is 1. The lowest BCUT2D eigenvalue weighted by atomic mass is 9.90. The van der Waals surface area contributed by atoms with Crippen LogP contribution in [-0.2, 0) is 11.3 Å². The van der Waals surface area contributed by atoms with Crippen LogP contribution in [-0.4, -0.2) is 32.3 Å². The van der Waals surface area contributed by atoms with E-state index in [9.17, 15) is 9.59 Å². The van der Waals surface area contributed by atoms with E-state index in [0.29, 0.717) is 12.1 Å². The smallest absolute Gasteiger partial charge is 0.323 e. The van der Waals surface area contributed by atoms with E-state index in [1.165, 1.54) is 4.90 Å². The number of carbonyl (C=O) groups excluding carboxylic acids is 2. The van der Waals surface area contributed by atoms with Crippen LogP contribution in [0.1, 0.15) is 37.6 Å². The summed E-state index contributed by atoms with van der Waals surface area (Å²) >= 11 is 0. The first-order chi connectivity index (χ1) is 11.5. The number of aromatic nitrogens is 2. The third kappa shape index (κ3) is 2.17. The van der Waals surface area contributed by atoms with Gasteiger partial charge in [-0.3, -0.25) is 9.69 Å². The van der Waals surface area contributed by atoms with Gasteiger partial charge in [0, 0.05) is 0 Å². The predicted molar refractivity (Wildman–Crippen MR) is 89.1 cm³/mol. The minimum Gasteiger partial charge on any atom is -0.323 e. The van der Waals surface area contributed by atoms with Crippen molar-refractivity contribution in [1.29, 1.82) is 0 Å². The topological polar surface area (TPSA) is 75.2 Å². The van der Waals surface area contributed by atoms with E-state index < -0.39 is 5.54 Å². The molecule has 3 amide bonds. The van der Waals surface area contributed by atoms with Crippen molar-refractivity contribution in [2.24, 2.45) is 5.92 Å². The van der Waals surface area contributed by atoms with Crippen LogP contribution in [0, 0.1) is 12.8 Å². The Morgan fingerprint density at radius 3 is 2.50 bits per heavy atom. The zero-order valence-electron chi connectivity index (χ0n) is 13.9. The first kappa shape index (κ1) is 15.1. The molecule has 0 spiro atoms. The number of urea groups is 1. The van der Waals surface area contributed by atoms with Crippen molar-refractivity contribution >= 4 is 23.0 Å². The Bertz CT molecular complexity index is 846. The van der Waals surface area contributed by atoms with Crippen LogP contribution in [0.2, 0.25) is 0 Å². The molecule has 1 aromatic carbocycles. The highest BCUT2D eigenvalue weighted by atomic mass is 16.2. The van der Waals surface area contributed by atoms with Gasteiger partial charge in [0.1, 0.15) is 5.54 Å². The number of imide groups is 1. The highest BCUT2D eigenvalue weighted by Gasteiger charge is 2.57. The number of fused-ring (bicyclic) bond motifs is 1. The first-order valence-corrected chi connectivity index (χ1v) is 8.41. The number of aryl methyl sites for hydroxylation is 1. The summed E-state index contributed by atoms with van der Waals surface area (Å²) < 4.78 is 0. The molecule has 2 fully saturated rings. The second-order valence-corrected chi connectivity index (χ2v) is 6.67. The zero-order valence-corrected chi connectivity index (χ0v) is 13.9. The summed E-state index contributed by atoms with van der Waals surface area (Å²) in [6.45, 7) is 3.99. The second-order valence-electron chi connectivity index (χ2n) is 6.67. The highest BCUT2D eigenvalue weighted by molar-refractivity contribution is 6.07. The number of hydrogen-bond acceptors (Lipinski definition) is 4. The van der Waals surface area contributed by atoms with E-state index in [0.717, 1.165) is 29.6 Å². The van der Waals surface area contributed by atoms with Gasteiger partial charge in [-0.05, 0) is 44.2 Å². The average molecular weight is 324 g/mol. The van der Waals surface area contributed by atoms with Gasteiger partial charge < -0.3 is 5.32 Å². The Morgan fingerprint density at radius 2 is 1.88 bits per heavy atom. The third-order valence-corrected chi connectivity index (χ3v) is 5.18. The number of carbonyl (C=O) groups is 2. The molecule has 1 atom stereocenters. The van der Waals surface area contributed by atoms with Crippen LogP contribution in [0.5, 0.6) is 0 Å². The van der Waals surface area contributed by atoms with Gasteiger partial charge in [-0.25, -0.2) is 14.8 Å². The van der Waals surface area contributed by atoms with Gasteiger partial charge in [-0.2, -0.15) is 0 Å². The van der Waals surface area contributed by atoms with Gasteiger partial charge in [-0.1, -0.05) is 19.1 Å². The van der Waals surface area contributed by atoms with Crippen LogP contribution in [0.4, 0.5) is 4.79 Å². The van der Waals surface area contributed by atoms with Crippen molar-refractivity contribution < 1.29 is 9.59 Å². The Kier molecular flexibility index (Phi) is 3.30. The van der Waals surface area contributed by atoms with Gasteiger partial charge in [0.25, 0.3) is 5.91 Å². The van der Waals surface area contributed by atoms with E-state index in [1.807, 2.05) is 38.1 Å². The van der Waals surface area contributed by atoms with E-state index in [-0.39, 0.29) is 24.4 Å². The van der Waals surface area contributed by atoms with Crippen LogP contribution in [0.15, 0.2) is 24.3 Å². The molecule has 2 aliphatic rings. The molecule has 1 saturated carbocycles. The maximum atomic E-state index is 12.9. The molecular weight excluding hydrogens is 304 g/mol. The predicted octanol–water partition coefficient (Wildman–Crippen LogP) is 2.55. The molecule has 0 bridgehead atoms. The van der Waals surface area contributed by atoms with E-state index in [1.54, 1.807) is 0 Å². The summed E-state index contributed by atoms with van der Waals surface area (Å²) in [6, 6.07) is 7.29. The third-order valence-electron chi connectivity index (χ3n) is 5.18. The minimum absolute atomic E-state index is 0.119. The second kappa shape index (κ2) is 5.26. The molecule has 1 saturated heterocycles. The molecule has 2 heterocycles. The summed E-state index contributed by atoms with van der Waals surface area (Å²) in [5.74, 6) is 0.152. The SMILES string of the molecule is CCC1(C2CC2)NC(=O)N(Cc2nc3ccccc3nc2C)C1=O. The molecule has 6 heteroatoms. The fraction of sp³-hybridized carbons (Fsp3) is 0.444. The molecule has 1 aliphatic carbocycles. The molecule has 1 N–H and O–H groups in total. The average Bonchev–Trinajstić information content (AvgIpc) is 3.39. The minimum atomic E-state index is -0.713. The molecular formula is C18H20N4O2. The molecule has 1 aliphatic heterocycles. The molecule has 1 aromatic heterocycles. The number of rotatable bonds is 4. The fourth-order valence-corrected chi connectivity index (χ4v) is 3.59. The lowest BCUT2D eigenvalue weighted by Gasteiger charge is -2.24. The fourth-order valence-electron chi connectivity index (χ4n) is 3.59. The highest BCUT2D eigenvalue weighted by Crippen LogP contribution is 2.44. The Balaban J connectivity index is 1.67. The summed E-state index contributed by atoms with van der Waals surface area (Å²) in [7, 11) is 0. The van der Waals surface area contributed by atoms with Gasteiger partial charge in [0.05, 0.1) is 29.0 Å². The van der Waals surface area contributed by atoms with Gasteiger partial charge in [0.15, 0.2) is 0 Å². The number of hydrogen-bond donors (Lipinski definition) is 1. The van der Waals surface area contributed by atoms with Crippen molar-refractivity contribution in [3.8, 4) is 0 Å². The summed E-state index contributed by atoms with van der Waals surface area (Å²) in [6.07, 6.45) is 2.63. The molecule has 1 unspecified atom stereocenters. The lowest BCUT2D eigenvalue weighted by Crippen LogP contribution is -2.48. The van der Waals surface area contributed by atoms with E-state index in [4.69, 9.17) is 0 Å². The standard InChI is InChI=1S/C18H20N4O2/c1-3-18(12-8-9-12)16(23)22(17(24)21-18)10-15-11(2)19-13-6-4-5-7-14(13)20-15/h4-7,12H,3,8-10H2,1-2H3,(H,21,24). The van der Waals surface area contributed by atoms with Crippen molar-refractivity contribution in [2.45, 2.75) is 45.2 Å². The molecule has 2 aromatic rings. The number of nitrogens with one attached hydrogen (secondary N) is 1. The van der Waals surface area contributed by atoms with Gasteiger partial charge in [0.2, 0.25) is 0 Å². The first-order valence-electron chi connectivity index (χ1n) is 8.41. The van der Waals surface area contributed by atoms with Crippen LogP contribution in [0.25, 0.3) is 11.0 Å². The normalized spacial score (nSPS) is 23.8. The van der Waals surface area contributed by atoms with Crippen molar-refractivity contribution in [2.75, 3.05) is 0 Å². The van der Waals surface area contributed by atoms with Crippen molar-refractivity contribution in [3.05, 3.63) is 35.7 Å². The number of nitrogens with zero attached hydrogens (tertiary/aromatic N) is 3. The maximum absolute atomic E-state index is 12.9. The summed E-state index contributed by atoms with van der Waals surface area (Å²) in [5.41, 5.74) is 2.29. The number of para-hydroxylation sites is 2. The van der Waals surface area contributed by atoms with E-state index >= 15 is 0 Å². The summed E-state index contributed by atoms with van der Waals surface area (Å²) in [5, 5.41) is 2.95. The lowest BCUT2D eigenvalue weighted by molar-refractivity contribution is -0.132. The number of amides is 3. The quantitative estimate of drug-likeness (QED) is 0.877. The largest absolute Gasteiger partial charge is 0.325 e. The molecule has 0 radical (unpaired) electrons. The molecule has 4 rings (SSSR count). The van der Waals surface area contributed by atoms with Crippen LogP contribution >= 0.6 is 0 Å². The van der Waals surface area contributed by atoms with Gasteiger partial charge in [-0.15, -0.1) is 0 Å². The summed E-state index contributed by atoms with van der Waals surface area (Å²) in [4.78, 5) is 35.8. The Labute approximate surface area is 140 Å². The monoisotopic (exact) mass is 324 g/mol.